The summed E-state index contributed by atoms with van der Waals surface area (Å²) in [6.07, 6.45) is 4.03. The van der Waals surface area contributed by atoms with Crippen molar-refractivity contribution in [2.45, 2.75) is 33.2 Å². The van der Waals surface area contributed by atoms with Crippen molar-refractivity contribution in [3.63, 3.8) is 0 Å². The fourth-order valence-corrected chi connectivity index (χ4v) is 3.34. The number of thiazole rings is 1. The molecule has 0 atom stereocenters. The largest absolute Gasteiger partial charge is 0.459 e. The first-order chi connectivity index (χ1) is 10.6. The topological polar surface area (TPSA) is 58.4 Å². The number of nitrogens with zero attached hydrogens (tertiary/aromatic N) is 2. The van der Waals surface area contributed by atoms with Crippen LogP contribution in [0.4, 0.5) is 5.13 Å². The van der Waals surface area contributed by atoms with Gasteiger partial charge in [0.25, 0.3) is 5.91 Å². The number of aryl methyl sites for hydroxylation is 1. The van der Waals surface area contributed by atoms with Crippen LogP contribution in [0.25, 0.3) is 0 Å². The van der Waals surface area contributed by atoms with Gasteiger partial charge in [0.1, 0.15) is 0 Å². The number of aromatic nitrogens is 1. The van der Waals surface area contributed by atoms with Gasteiger partial charge < -0.3 is 4.42 Å². The highest BCUT2D eigenvalue weighted by Crippen LogP contribution is 2.21. The molecule has 1 aliphatic heterocycles. The predicted octanol–water partition coefficient (Wildman–Crippen LogP) is 3.53. The SMILES string of the molecule is Cc1ccoc1C(=O)Nc1nc(CN2CCC(C)CC2)cs1. The molecule has 1 saturated heterocycles. The first-order valence-corrected chi connectivity index (χ1v) is 8.52. The lowest BCUT2D eigenvalue weighted by atomic mass is 9.99. The summed E-state index contributed by atoms with van der Waals surface area (Å²) < 4.78 is 5.19. The number of carbonyl (C=O) groups excluding carboxylic acids is 1. The van der Waals surface area contributed by atoms with Crippen molar-refractivity contribution < 1.29 is 9.21 Å². The van der Waals surface area contributed by atoms with E-state index in [4.69, 9.17) is 4.42 Å². The number of amides is 1. The van der Waals surface area contributed by atoms with E-state index in [-0.39, 0.29) is 5.91 Å². The molecule has 3 heterocycles. The van der Waals surface area contributed by atoms with Crippen LogP contribution >= 0.6 is 11.3 Å². The molecule has 2 aromatic rings. The van der Waals surface area contributed by atoms with E-state index < -0.39 is 0 Å². The Kier molecular flexibility index (Phi) is 4.59. The second-order valence-electron chi connectivity index (χ2n) is 5.99. The normalized spacial score (nSPS) is 16.8. The summed E-state index contributed by atoms with van der Waals surface area (Å²) in [6.45, 7) is 7.28. The zero-order valence-corrected chi connectivity index (χ0v) is 13.8. The number of carbonyl (C=O) groups is 1. The third kappa shape index (κ3) is 3.56. The molecule has 5 nitrogen and oxygen atoms in total. The summed E-state index contributed by atoms with van der Waals surface area (Å²) in [4.78, 5) is 19.0. The fraction of sp³-hybridized carbons (Fsp3) is 0.500. The van der Waals surface area contributed by atoms with Crippen LogP contribution in [-0.2, 0) is 6.54 Å². The molecule has 0 aromatic carbocycles. The van der Waals surface area contributed by atoms with E-state index in [0.717, 1.165) is 36.8 Å². The highest BCUT2D eigenvalue weighted by molar-refractivity contribution is 7.13. The van der Waals surface area contributed by atoms with Crippen LogP contribution in [0, 0.1) is 12.8 Å². The summed E-state index contributed by atoms with van der Waals surface area (Å²) in [6, 6.07) is 1.78. The Labute approximate surface area is 134 Å². The van der Waals surface area contributed by atoms with Crippen LogP contribution in [0.1, 0.15) is 41.6 Å². The number of piperidine rings is 1. The molecule has 0 saturated carbocycles. The molecule has 0 spiro atoms. The number of hydrogen-bond donors (Lipinski definition) is 1. The average Bonchev–Trinajstić information content (AvgIpc) is 3.10. The van der Waals surface area contributed by atoms with Gasteiger partial charge >= 0.3 is 0 Å². The van der Waals surface area contributed by atoms with Crippen molar-refractivity contribution in [1.82, 2.24) is 9.88 Å². The van der Waals surface area contributed by atoms with Crippen molar-refractivity contribution in [3.8, 4) is 0 Å². The van der Waals surface area contributed by atoms with Crippen molar-refractivity contribution in [2.75, 3.05) is 18.4 Å². The number of rotatable bonds is 4. The van der Waals surface area contributed by atoms with E-state index in [1.54, 1.807) is 6.07 Å². The van der Waals surface area contributed by atoms with Gasteiger partial charge in [-0.2, -0.15) is 0 Å². The van der Waals surface area contributed by atoms with Gasteiger partial charge in [0.05, 0.1) is 12.0 Å². The smallest absolute Gasteiger partial charge is 0.293 e. The summed E-state index contributed by atoms with van der Waals surface area (Å²) >= 11 is 1.46. The Morgan fingerprint density at radius 3 is 2.95 bits per heavy atom. The van der Waals surface area contributed by atoms with Crippen LogP contribution in [-0.4, -0.2) is 28.9 Å². The molecule has 0 radical (unpaired) electrons. The van der Waals surface area contributed by atoms with E-state index in [1.807, 2.05) is 12.3 Å². The Morgan fingerprint density at radius 1 is 1.50 bits per heavy atom. The summed E-state index contributed by atoms with van der Waals surface area (Å²) in [5.74, 6) is 0.940. The molecule has 0 bridgehead atoms. The van der Waals surface area contributed by atoms with E-state index >= 15 is 0 Å². The lowest BCUT2D eigenvalue weighted by Crippen LogP contribution is -2.32. The maximum atomic E-state index is 12.1. The fourth-order valence-electron chi connectivity index (χ4n) is 2.65. The van der Waals surface area contributed by atoms with Gasteiger partial charge in [-0.25, -0.2) is 4.98 Å². The molecule has 0 unspecified atom stereocenters. The van der Waals surface area contributed by atoms with Gasteiger partial charge in [-0.05, 0) is 44.8 Å². The number of nitrogens with one attached hydrogen (secondary N) is 1. The number of anilines is 1. The Hall–Kier alpha value is -1.66. The molecule has 1 N–H and O–H groups in total. The standard InChI is InChI=1S/C16H21N3O2S/c1-11-3-6-19(7-4-11)9-13-10-22-16(17-13)18-15(20)14-12(2)5-8-21-14/h5,8,10-11H,3-4,6-7,9H2,1-2H3,(H,17,18,20). The number of likely N-dealkylation sites (tertiary alicyclic amines) is 1. The molecular formula is C16H21N3O2S. The lowest BCUT2D eigenvalue weighted by Gasteiger charge is -2.29. The van der Waals surface area contributed by atoms with Gasteiger partial charge in [-0.3, -0.25) is 15.0 Å². The number of furan rings is 1. The molecule has 118 valence electrons. The molecule has 22 heavy (non-hydrogen) atoms. The van der Waals surface area contributed by atoms with E-state index in [0.29, 0.717) is 10.9 Å². The molecule has 6 heteroatoms. The van der Waals surface area contributed by atoms with Crippen LogP contribution < -0.4 is 5.32 Å². The maximum Gasteiger partial charge on any atom is 0.293 e. The van der Waals surface area contributed by atoms with E-state index in [2.05, 4.69) is 22.1 Å². The van der Waals surface area contributed by atoms with Crippen molar-refractivity contribution in [3.05, 3.63) is 34.7 Å². The first kappa shape index (κ1) is 15.2. The zero-order valence-electron chi connectivity index (χ0n) is 13.0. The van der Waals surface area contributed by atoms with Gasteiger partial charge in [0, 0.05) is 17.5 Å². The molecule has 0 aliphatic carbocycles. The molecule has 3 rings (SSSR count). The van der Waals surface area contributed by atoms with E-state index in [9.17, 15) is 4.79 Å². The maximum absolute atomic E-state index is 12.1. The second kappa shape index (κ2) is 6.62. The Morgan fingerprint density at radius 2 is 2.27 bits per heavy atom. The Balaban J connectivity index is 1.57. The molecule has 1 amide bonds. The average molecular weight is 319 g/mol. The zero-order chi connectivity index (χ0) is 15.5. The van der Waals surface area contributed by atoms with Crippen molar-refractivity contribution in [1.29, 1.82) is 0 Å². The Bertz CT molecular complexity index is 641. The molecule has 2 aromatic heterocycles. The summed E-state index contributed by atoms with van der Waals surface area (Å²) in [5.41, 5.74) is 1.85. The minimum atomic E-state index is -0.241. The third-order valence-electron chi connectivity index (χ3n) is 4.10. The lowest BCUT2D eigenvalue weighted by molar-refractivity contribution is 0.0996. The van der Waals surface area contributed by atoms with Crippen LogP contribution in [0.2, 0.25) is 0 Å². The quantitative estimate of drug-likeness (QED) is 0.936. The third-order valence-corrected chi connectivity index (χ3v) is 4.91. The van der Waals surface area contributed by atoms with Crippen LogP contribution in [0.3, 0.4) is 0 Å². The molecular weight excluding hydrogens is 298 g/mol. The van der Waals surface area contributed by atoms with Gasteiger partial charge in [-0.15, -0.1) is 11.3 Å². The highest BCUT2D eigenvalue weighted by Gasteiger charge is 2.18. The summed E-state index contributed by atoms with van der Waals surface area (Å²) in [7, 11) is 0. The van der Waals surface area contributed by atoms with Crippen molar-refractivity contribution in [2.24, 2.45) is 5.92 Å². The van der Waals surface area contributed by atoms with Crippen molar-refractivity contribution >= 4 is 22.4 Å². The minimum Gasteiger partial charge on any atom is -0.459 e. The first-order valence-electron chi connectivity index (χ1n) is 7.64. The van der Waals surface area contributed by atoms with Gasteiger partial charge in [0.15, 0.2) is 10.9 Å². The molecule has 1 aliphatic rings. The second-order valence-corrected chi connectivity index (χ2v) is 6.85. The monoisotopic (exact) mass is 319 g/mol. The highest BCUT2D eigenvalue weighted by atomic mass is 32.1. The van der Waals surface area contributed by atoms with Gasteiger partial charge in [0.2, 0.25) is 0 Å². The van der Waals surface area contributed by atoms with E-state index in [1.165, 1.54) is 30.4 Å². The predicted molar refractivity (Wildman–Crippen MR) is 87.2 cm³/mol. The number of hydrogen-bond acceptors (Lipinski definition) is 5. The molecule has 1 fully saturated rings. The van der Waals surface area contributed by atoms with Crippen LogP contribution in [0.5, 0.6) is 0 Å². The minimum absolute atomic E-state index is 0.241. The van der Waals surface area contributed by atoms with Crippen LogP contribution in [0.15, 0.2) is 22.1 Å². The summed E-state index contributed by atoms with van der Waals surface area (Å²) in [5, 5.41) is 5.45. The van der Waals surface area contributed by atoms with Gasteiger partial charge in [-0.1, -0.05) is 6.92 Å².